The van der Waals surface area contributed by atoms with Crippen LogP contribution in [0.3, 0.4) is 0 Å². The molecule has 2 N–H and O–H groups in total. The number of aromatic nitrogens is 3. The first-order valence-corrected chi connectivity index (χ1v) is 4.90. The van der Waals surface area contributed by atoms with Crippen LogP contribution in [0.25, 0.3) is 5.65 Å². The Kier molecular flexibility index (Phi) is 2.55. The molecule has 1 atom stereocenters. The summed E-state index contributed by atoms with van der Waals surface area (Å²) in [6.45, 7) is 3.91. The van der Waals surface area contributed by atoms with Gasteiger partial charge in [0.25, 0.3) is 0 Å². The van der Waals surface area contributed by atoms with E-state index in [2.05, 4.69) is 15.4 Å². The highest BCUT2D eigenvalue weighted by atomic mass is 16.3. The second kappa shape index (κ2) is 3.86. The number of anilines is 1. The molecular weight excluding hydrogens is 192 g/mol. The van der Waals surface area contributed by atoms with E-state index in [0.29, 0.717) is 5.95 Å². The van der Waals surface area contributed by atoms with E-state index in [-0.39, 0.29) is 12.6 Å². The van der Waals surface area contributed by atoms with Gasteiger partial charge in [0.15, 0.2) is 5.65 Å². The molecule has 2 aromatic rings. The molecule has 0 radical (unpaired) electrons. The van der Waals surface area contributed by atoms with Gasteiger partial charge in [-0.2, -0.15) is 4.98 Å². The van der Waals surface area contributed by atoms with Crippen molar-refractivity contribution in [3.63, 3.8) is 0 Å². The van der Waals surface area contributed by atoms with E-state index >= 15 is 0 Å². The number of fused-ring (bicyclic) bond motifs is 1. The molecule has 5 nitrogen and oxygen atoms in total. The molecule has 0 fully saturated rings. The van der Waals surface area contributed by atoms with Gasteiger partial charge in [0.2, 0.25) is 5.95 Å². The third-order valence-electron chi connectivity index (χ3n) is 2.20. The SMILES string of the molecule is Cc1cccc2nc(NC(C)CO)nn12. The highest BCUT2D eigenvalue weighted by Crippen LogP contribution is 2.08. The van der Waals surface area contributed by atoms with Crippen LogP contribution in [0, 0.1) is 6.92 Å². The molecule has 0 saturated carbocycles. The van der Waals surface area contributed by atoms with Crippen LogP contribution in [0.5, 0.6) is 0 Å². The Hall–Kier alpha value is -1.62. The maximum absolute atomic E-state index is 8.90. The lowest BCUT2D eigenvalue weighted by molar-refractivity contribution is 0.281. The summed E-state index contributed by atoms with van der Waals surface area (Å²) >= 11 is 0. The van der Waals surface area contributed by atoms with Gasteiger partial charge in [0, 0.05) is 11.7 Å². The minimum absolute atomic E-state index is 0.0391. The molecule has 0 spiro atoms. The van der Waals surface area contributed by atoms with Crippen LogP contribution in [0.1, 0.15) is 12.6 Å². The smallest absolute Gasteiger partial charge is 0.243 e. The predicted molar refractivity (Wildman–Crippen MR) is 57.9 cm³/mol. The summed E-state index contributed by atoms with van der Waals surface area (Å²) in [5, 5.41) is 16.2. The lowest BCUT2D eigenvalue weighted by Gasteiger charge is -2.06. The summed E-state index contributed by atoms with van der Waals surface area (Å²) in [5.74, 6) is 0.547. The molecule has 0 bridgehead atoms. The van der Waals surface area contributed by atoms with Gasteiger partial charge in [-0.25, -0.2) is 4.52 Å². The van der Waals surface area contributed by atoms with Crippen molar-refractivity contribution in [2.24, 2.45) is 0 Å². The zero-order chi connectivity index (χ0) is 10.8. The van der Waals surface area contributed by atoms with Gasteiger partial charge in [-0.3, -0.25) is 0 Å². The van der Waals surface area contributed by atoms with E-state index < -0.39 is 0 Å². The Morgan fingerprint density at radius 3 is 3.00 bits per heavy atom. The minimum atomic E-state index is -0.0391. The number of hydrogen-bond acceptors (Lipinski definition) is 4. The third-order valence-corrected chi connectivity index (χ3v) is 2.20. The van der Waals surface area contributed by atoms with Crippen molar-refractivity contribution in [3.8, 4) is 0 Å². The maximum atomic E-state index is 8.90. The lowest BCUT2D eigenvalue weighted by Crippen LogP contribution is -2.20. The number of nitrogens with zero attached hydrogens (tertiary/aromatic N) is 3. The number of aryl methyl sites for hydroxylation is 1. The van der Waals surface area contributed by atoms with Crippen molar-refractivity contribution < 1.29 is 5.11 Å². The summed E-state index contributed by atoms with van der Waals surface area (Å²) in [6.07, 6.45) is 0. The van der Waals surface area contributed by atoms with Gasteiger partial charge in [-0.05, 0) is 26.0 Å². The van der Waals surface area contributed by atoms with Crippen LogP contribution < -0.4 is 5.32 Å². The fourth-order valence-electron chi connectivity index (χ4n) is 1.36. The number of pyridine rings is 1. The minimum Gasteiger partial charge on any atom is -0.394 e. The standard InChI is InChI=1S/C10H14N4O/c1-7(6-15)11-10-12-9-5-3-4-8(2)14(9)13-10/h3-5,7,15H,6H2,1-2H3,(H,11,13). The molecule has 5 heteroatoms. The van der Waals surface area contributed by atoms with Gasteiger partial charge in [-0.15, -0.1) is 5.10 Å². The van der Waals surface area contributed by atoms with E-state index in [1.165, 1.54) is 0 Å². The first-order chi connectivity index (χ1) is 7.20. The van der Waals surface area contributed by atoms with E-state index in [4.69, 9.17) is 5.11 Å². The molecule has 0 aromatic carbocycles. The first-order valence-electron chi connectivity index (χ1n) is 4.90. The zero-order valence-electron chi connectivity index (χ0n) is 8.81. The van der Waals surface area contributed by atoms with E-state index in [0.717, 1.165) is 11.3 Å². The van der Waals surface area contributed by atoms with E-state index in [9.17, 15) is 0 Å². The van der Waals surface area contributed by atoms with Crippen LogP contribution in [0.15, 0.2) is 18.2 Å². The maximum Gasteiger partial charge on any atom is 0.243 e. The summed E-state index contributed by atoms with van der Waals surface area (Å²) in [5.41, 5.74) is 1.84. The second-order valence-corrected chi connectivity index (χ2v) is 3.60. The molecule has 1 unspecified atom stereocenters. The molecule has 2 aromatic heterocycles. The molecule has 0 amide bonds. The van der Waals surface area contributed by atoms with Crippen molar-refractivity contribution >= 4 is 11.6 Å². The Morgan fingerprint density at radius 1 is 1.53 bits per heavy atom. The molecular formula is C10H14N4O. The molecule has 0 saturated heterocycles. The third kappa shape index (κ3) is 1.92. The number of nitrogens with one attached hydrogen (secondary N) is 1. The van der Waals surface area contributed by atoms with Gasteiger partial charge in [0.05, 0.1) is 6.61 Å². The highest BCUT2D eigenvalue weighted by Gasteiger charge is 2.06. The van der Waals surface area contributed by atoms with Crippen LogP contribution >= 0.6 is 0 Å². The summed E-state index contributed by atoms with van der Waals surface area (Å²) in [7, 11) is 0. The second-order valence-electron chi connectivity index (χ2n) is 3.60. The largest absolute Gasteiger partial charge is 0.394 e. The van der Waals surface area contributed by atoms with Gasteiger partial charge < -0.3 is 10.4 Å². The van der Waals surface area contributed by atoms with Gasteiger partial charge >= 0.3 is 0 Å². The van der Waals surface area contributed by atoms with Crippen LogP contribution in [-0.4, -0.2) is 32.4 Å². The van der Waals surface area contributed by atoms with Crippen molar-refractivity contribution in [3.05, 3.63) is 23.9 Å². The normalized spacial score (nSPS) is 13.0. The summed E-state index contributed by atoms with van der Waals surface area (Å²) in [4.78, 5) is 4.29. The van der Waals surface area contributed by atoms with E-state index in [1.807, 2.05) is 32.0 Å². The molecule has 15 heavy (non-hydrogen) atoms. The first kappa shape index (κ1) is 9.92. The monoisotopic (exact) mass is 206 g/mol. The number of aliphatic hydroxyl groups excluding tert-OH is 1. The molecule has 2 heterocycles. The summed E-state index contributed by atoms with van der Waals surface area (Å²) < 4.78 is 1.77. The molecule has 0 aliphatic carbocycles. The van der Waals surface area contributed by atoms with Gasteiger partial charge in [0.1, 0.15) is 0 Å². The van der Waals surface area contributed by atoms with Crippen molar-refractivity contribution in [1.29, 1.82) is 0 Å². The average Bonchev–Trinajstić information content (AvgIpc) is 2.62. The topological polar surface area (TPSA) is 62.5 Å². The Balaban J connectivity index is 2.35. The van der Waals surface area contributed by atoms with Crippen LogP contribution in [0.2, 0.25) is 0 Å². The fraction of sp³-hybridized carbons (Fsp3) is 0.400. The molecule has 2 rings (SSSR count). The fourth-order valence-corrected chi connectivity index (χ4v) is 1.36. The number of aliphatic hydroxyl groups is 1. The predicted octanol–water partition coefficient (Wildman–Crippen LogP) is 0.830. The van der Waals surface area contributed by atoms with Crippen LogP contribution in [0.4, 0.5) is 5.95 Å². The van der Waals surface area contributed by atoms with Crippen molar-refractivity contribution in [1.82, 2.24) is 14.6 Å². The summed E-state index contributed by atoms with van der Waals surface area (Å²) in [6, 6.07) is 5.77. The van der Waals surface area contributed by atoms with Crippen molar-refractivity contribution in [2.45, 2.75) is 19.9 Å². The highest BCUT2D eigenvalue weighted by molar-refractivity contribution is 5.44. The van der Waals surface area contributed by atoms with E-state index in [1.54, 1.807) is 4.52 Å². The zero-order valence-corrected chi connectivity index (χ0v) is 8.81. The molecule has 80 valence electrons. The van der Waals surface area contributed by atoms with Crippen LogP contribution in [-0.2, 0) is 0 Å². The van der Waals surface area contributed by atoms with Gasteiger partial charge in [-0.1, -0.05) is 6.07 Å². The Bertz CT molecular complexity index is 465. The molecule has 0 aliphatic heterocycles. The lowest BCUT2D eigenvalue weighted by atomic mass is 10.4. The Labute approximate surface area is 87.8 Å². The quantitative estimate of drug-likeness (QED) is 0.780. The molecule has 0 aliphatic rings. The van der Waals surface area contributed by atoms with Crippen molar-refractivity contribution in [2.75, 3.05) is 11.9 Å². The Morgan fingerprint density at radius 2 is 2.33 bits per heavy atom. The average molecular weight is 206 g/mol. The number of rotatable bonds is 3. The number of hydrogen-bond donors (Lipinski definition) is 2.